The average molecular weight is 214 g/mol. The highest BCUT2D eigenvalue weighted by molar-refractivity contribution is 4.80. The molecule has 1 aliphatic rings. The van der Waals surface area contributed by atoms with E-state index >= 15 is 0 Å². The first kappa shape index (κ1) is 12.9. The maximum atomic E-state index is 5.76. The van der Waals surface area contributed by atoms with Crippen molar-refractivity contribution < 1.29 is 4.74 Å². The molecular formula is C12H26N2O. The minimum absolute atomic E-state index is 0.00176. The zero-order chi connectivity index (χ0) is 11.3. The predicted molar refractivity (Wildman–Crippen MR) is 64.2 cm³/mol. The van der Waals surface area contributed by atoms with Crippen molar-refractivity contribution in [2.24, 2.45) is 0 Å². The molecule has 1 atom stereocenters. The van der Waals surface area contributed by atoms with E-state index in [-0.39, 0.29) is 5.60 Å². The Hall–Kier alpha value is -0.120. The van der Waals surface area contributed by atoms with Gasteiger partial charge in [-0.2, -0.15) is 0 Å². The van der Waals surface area contributed by atoms with Gasteiger partial charge in [0.25, 0.3) is 0 Å². The maximum Gasteiger partial charge on any atom is 0.0600 e. The summed E-state index contributed by atoms with van der Waals surface area (Å²) in [7, 11) is 2.03. The summed E-state index contributed by atoms with van der Waals surface area (Å²) in [5.74, 6) is 0. The molecule has 0 aliphatic carbocycles. The minimum Gasteiger partial charge on any atom is -0.375 e. The maximum absolute atomic E-state index is 5.76. The van der Waals surface area contributed by atoms with Gasteiger partial charge < -0.3 is 10.1 Å². The molecule has 15 heavy (non-hydrogen) atoms. The van der Waals surface area contributed by atoms with Crippen LogP contribution >= 0.6 is 0 Å². The van der Waals surface area contributed by atoms with Crippen molar-refractivity contribution in [1.29, 1.82) is 0 Å². The topological polar surface area (TPSA) is 24.5 Å². The van der Waals surface area contributed by atoms with E-state index in [1.807, 2.05) is 7.05 Å². The van der Waals surface area contributed by atoms with Crippen molar-refractivity contribution in [2.75, 3.05) is 33.3 Å². The summed E-state index contributed by atoms with van der Waals surface area (Å²) >= 11 is 0. The molecule has 1 rings (SSSR count). The summed E-state index contributed by atoms with van der Waals surface area (Å²) in [5.41, 5.74) is -0.00176. The number of likely N-dealkylation sites (N-methyl/N-ethyl adjacent to an activating group) is 1. The van der Waals surface area contributed by atoms with Crippen molar-refractivity contribution in [3.8, 4) is 0 Å². The quantitative estimate of drug-likeness (QED) is 0.750. The molecule has 1 aliphatic heterocycles. The summed E-state index contributed by atoms with van der Waals surface area (Å²) < 4.78 is 5.76. The average Bonchev–Trinajstić information content (AvgIpc) is 2.51. The fourth-order valence-electron chi connectivity index (χ4n) is 2.13. The molecule has 0 saturated carbocycles. The zero-order valence-corrected chi connectivity index (χ0v) is 10.7. The lowest BCUT2D eigenvalue weighted by Gasteiger charge is -2.26. The number of nitrogens with one attached hydrogen (secondary N) is 1. The molecule has 0 amide bonds. The largest absolute Gasteiger partial charge is 0.375 e. The Bertz CT molecular complexity index is 177. The molecule has 1 saturated heterocycles. The van der Waals surface area contributed by atoms with Crippen molar-refractivity contribution in [1.82, 2.24) is 10.2 Å². The molecule has 1 unspecified atom stereocenters. The fraction of sp³-hybridized carbons (Fsp3) is 1.00. The smallest absolute Gasteiger partial charge is 0.0600 e. The van der Waals surface area contributed by atoms with Gasteiger partial charge in [0.2, 0.25) is 0 Å². The molecule has 90 valence electrons. The van der Waals surface area contributed by atoms with E-state index in [1.54, 1.807) is 0 Å². The third kappa shape index (κ3) is 4.96. The number of ether oxygens (including phenoxy) is 1. The Morgan fingerprint density at radius 3 is 2.73 bits per heavy atom. The molecule has 1 heterocycles. The van der Waals surface area contributed by atoms with Gasteiger partial charge in [-0.15, -0.1) is 0 Å². The monoisotopic (exact) mass is 214 g/mol. The van der Waals surface area contributed by atoms with Gasteiger partial charge in [-0.25, -0.2) is 0 Å². The molecule has 1 fully saturated rings. The van der Waals surface area contributed by atoms with E-state index in [0.717, 1.165) is 25.7 Å². The van der Waals surface area contributed by atoms with Crippen LogP contribution in [0.5, 0.6) is 0 Å². The highest BCUT2D eigenvalue weighted by Crippen LogP contribution is 2.16. The lowest BCUT2D eigenvalue weighted by molar-refractivity contribution is -0.0142. The Kier molecular flexibility index (Phi) is 5.03. The van der Waals surface area contributed by atoms with Gasteiger partial charge in [0, 0.05) is 19.1 Å². The van der Waals surface area contributed by atoms with Gasteiger partial charge in [-0.3, -0.25) is 4.90 Å². The van der Waals surface area contributed by atoms with Crippen molar-refractivity contribution in [2.45, 2.75) is 45.3 Å². The van der Waals surface area contributed by atoms with Gasteiger partial charge >= 0.3 is 0 Å². The summed E-state index contributed by atoms with van der Waals surface area (Å²) in [6.45, 7) is 10.6. The first-order valence-corrected chi connectivity index (χ1v) is 6.05. The van der Waals surface area contributed by atoms with Crippen molar-refractivity contribution in [3.63, 3.8) is 0 Å². The standard InChI is InChI=1S/C12H26N2O/c1-12(2,3)15-9-8-14-7-5-6-11(14)10-13-4/h11,13H,5-10H2,1-4H3. The van der Waals surface area contributed by atoms with Crippen LogP contribution in [0, 0.1) is 0 Å². The molecular weight excluding hydrogens is 188 g/mol. The van der Waals surface area contributed by atoms with E-state index in [2.05, 4.69) is 31.0 Å². The third-order valence-electron chi connectivity index (χ3n) is 2.85. The fourth-order valence-corrected chi connectivity index (χ4v) is 2.13. The van der Waals surface area contributed by atoms with E-state index in [1.165, 1.54) is 19.4 Å². The van der Waals surface area contributed by atoms with E-state index in [0.29, 0.717) is 0 Å². The van der Waals surface area contributed by atoms with Gasteiger partial charge in [0.15, 0.2) is 0 Å². The Morgan fingerprint density at radius 1 is 1.40 bits per heavy atom. The second-order valence-electron chi connectivity index (χ2n) is 5.35. The number of likely N-dealkylation sites (tertiary alicyclic amines) is 1. The van der Waals surface area contributed by atoms with Crippen LogP contribution in [0.15, 0.2) is 0 Å². The van der Waals surface area contributed by atoms with Gasteiger partial charge in [-0.1, -0.05) is 0 Å². The molecule has 1 N–H and O–H groups in total. The molecule has 3 heteroatoms. The predicted octanol–water partition coefficient (Wildman–Crippen LogP) is 1.49. The van der Waals surface area contributed by atoms with E-state index in [4.69, 9.17) is 4.74 Å². The molecule has 0 aromatic rings. The second-order valence-corrected chi connectivity index (χ2v) is 5.35. The Balaban J connectivity index is 2.20. The first-order valence-electron chi connectivity index (χ1n) is 6.05. The van der Waals surface area contributed by atoms with Crippen LogP contribution in [0.2, 0.25) is 0 Å². The summed E-state index contributed by atoms with van der Waals surface area (Å²) in [4.78, 5) is 2.54. The molecule has 0 bridgehead atoms. The lowest BCUT2D eigenvalue weighted by atomic mass is 10.2. The van der Waals surface area contributed by atoms with Gasteiger partial charge in [0.05, 0.1) is 12.2 Å². The van der Waals surface area contributed by atoms with Crippen LogP contribution in [-0.4, -0.2) is 49.8 Å². The second kappa shape index (κ2) is 5.83. The first-order chi connectivity index (χ1) is 7.03. The number of nitrogens with zero attached hydrogens (tertiary/aromatic N) is 1. The Labute approximate surface area is 94.2 Å². The molecule has 0 aromatic heterocycles. The third-order valence-corrected chi connectivity index (χ3v) is 2.85. The minimum atomic E-state index is -0.00176. The van der Waals surface area contributed by atoms with Crippen LogP contribution in [0.25, 0.3) is 0 Å². The van der Waals surface area contributed by atoms with E-state index < -0.39 is 0 Å². The van der Waals surface area contributed by atoms with Gasteiger partial charge in [0.1, 0.15) is 0 Å². The number of rotatable bonds is 5. The van der Waals surface area contributed by atoms with Crippen LogP contribution in [0.3, 0.4) is 0 Å². The normalized spacial score (nSPS) is 23.6. The van der Waals surface area contributed by atoms with Crippen LogP contribution in [0.1, 0.15) is 33.6 Å². The highest BCUT2D eigenvalue weighted by Gasteiger charge is 2.23. The summed E-state index contributed by atoms with van der Waals surface area (Å²) in [5, 5.41) is 3.26. The summed E-state index contributed by atoms with van der Waals surface area (Å²) in [6, 6.07) is 0.721. The zero-order valence-electron chi connectivity index (χ0n) is 10.7. The molecule has 0 radical (unpaired) electrons. The van der Waals surface area contributed by atoms with Gasteiger partial charge in [-0.05, 0) is 47.2 Å². The lowest BCUT2D eigenvalue weighted by Crippen LogP contribution is -2.39. The number of hydrogen-bond donors (Lipinski definition) is 1. The molecule has 3 nitrogen and oxygen atoms in total. The van der Waals surface area contributed by atoms with E-state index in [9.17, 15) is 0 Å². The number of hydrogen-bond acceptors (Lipinski definition) is 3. The highest BCUT2D eigenvalue weighted by atomic mass is 16.5. The Morgan fingerprint density at radius 2 is 2.13 bits per heavy atom. The van der Waals surface area contributed by atoms with Crippen molar-refractivity contribution >= 4 is 0 Å². The molecule has 0 aromatic carbocycles. The van der Waals surface area contributed by atoms with Crippen LogP contribution in [-0.2, 0) is 4.74 Å². The molecule has 0 spiro atoms. The van der Waals surface area contributed by atoms with Crippen LogP contribution in [0.4, 0.5) is 0 Å². The summed E-state index contributed by atoms with van der Waals surface area (Å²) in [6.07, 6.45) is 2.66. The SMILES string of the molecule is CNCC1CCCN1CCOC(C)(C)C. The van der Waals surface area contributed by atoms with Crippen LogP contribution < -0.4 is 5.32 Å². The van der Waals surface area contributed by atoms with Crippen molar-refractivity contribution in [3.05, 3.63) is 0 Å².